The van der Waals surface area contributed by atoms with Crippen molar-refractivity contribution in [3.63, 3.8) is 0 Å². The lowest BCUT2D eigenvalue weighted by Crippen LogP contribution is -2.15. The molecule has 0 spiro atoms. The second-order valence-electron chi connectivity index (χ2n) is 6.88. The molecule has 2 rings (SSSR count). The van der Waals surface area contributed by atoms with Crippen molar-refractivity contribution < 1.29 is 53.0 Å². The Hall–Kier alpha value is -3.54. The van der Waals surface area contributed by atoms with Gasteiger partial charge < -0.3 is 43.4 Å². The number of aromatic hydroxyl groups is 2. The lowest BCUT2D eigenvalue weighted by Gasteiger charge is -2.09. The number of rotatable bonds is 16. The number of carbonyl (C=O) groups excluding carboxylic acids is 2. The zero-order valence-corrected chi connectivity index (χ0v) is 19.7. The molecule has 0 atom stereocenters. The van der Waals surface area contributed by atoms with Crippen molar-refractivity contribution in [1.82, 2.24) is 0 Å². The summed E-state index contributed by atoms with van der Waals surface area (Å²) in [4.78, 5) is 23.9. The van der Waals surface area contributed by atoms with Gasteiger partial charge in [0.25, 0.3) is 0 Å². The highest BCUT2D eigenvalue weighted by Gasteiger charge is 2.12. The second-order valence-corrected chi connectivity index (χ2v) is 6.88. The number of ether oxygens (including phenoxy) is 7. The van der Waals surface area contributed by atoms with E-state index in [1.165, 1.54) is 50.6 Å². The maximum absolute atomic E-state index is 12.0. The van der Waals surface area contributed by atoms with Crippen LogP contribution in [0.1, 0.15) is 20.7 Å². The predicted octanol–water partition coefficient (Wildman–Crippen LogP) is 2.18. The fourth-order valence-electron chi connectivity index (χ4n) is 2.70. The fraction of sp³-hybridized carbons (Fsp3) is 0.417. The Balaban J connectivity index is 1.43. The number of benzene rings is 2. The molecule has 0 fully saturated rings. The van der Waals surface area contributed by atoms with Crippen molar-refractivity contribution in [2.75, 3.05) is 67.1 Å². The summed E-state index contributed by atoms with van der Waals surface area (Å²) in [5, 5.41) is 19.1. The van der Waals surface area contributed by atoms with E-state index in [0.29, 0.717) is 26.4 Å². The molecule has 2 aromatic carbocycles. The van der Waals surface area contributed by atoms with Gasteiger partial charge in [0.15, 0.2) is 23.0 Å². The zero-order valence-electron chi connectivity index (χ0n) is 19.7. The minimum Gasteiger partial charge on any atom is -0.504 e. The van der Waals surface area contributed by atoms with Gasteiger partial charge in [-0.25, -0.2) is 9.59 Å². The standard InChI is InChI=1S/C24H30O11/c1-29-21-15-17(3-5-19(21)25)23(27)34-13-11-32-9-7-31-8-10-33-12-14-35-24(28)18-4-6-20(26)22(16-18)30-2/h3-6,15-16,25-26H,7-14H2,1-2H3. The highest BCUT2D eigenvalue weighted by Crippen LogP contribution is 2.27. The average molecular weight is 494 g/mol. The summed E-state index contributed by atoms with van der Waals surface area (Å²) >= 11 is 0. The van der Waals surface area contributed by atoms with Gasteiger partial charge in [0.05, 0.1) is 65.0 Å². The van der Waals surface area contributed by atoms with Crippen LogP contribution < -0.4 is 9.47 Å². The number of carbonyl (C=O) groups is 2. The average Bonchev–Trinajstić information content (AvgIpc) is 2.87. The fourth-order valence-corrected chi connectivity index (χ4v) is 2.70. The van der Waals surface area contributed by atoms with Crippen molar-refractivity contribution in [1.29, 1.82) is 0 Å². The smallest absolute Gasteiger partial charge is 0.338 e. The molecular weight excluding hydrogens is 464 g/mol. The summed E-state index contributed by atoms with van der Waals surface area (Å²) in [6.45, 7) is 1.87. The monoisotopic (exact) mass is 494 g/mol. The van der Waals surface area contributed by atoms with E-state index in [0.717, 1.165) is 0 Å². The third-order valence-corrected chi connectivity index (χ3v) is 4.50. The molecule has 0 saturated heterocycles. The minimum atomic E-state index is -0.547. The molecule has 0 aliphatic rings. The topological polar surface area (TPSA) is 139 Å². The molecule has 0 bridgehead atoms. The Morgan fingerprint density at radius 2 is 0.943 bits per heavy atom. The maximum Gasteiger partial charge on any atom is 0.338 e. The van der Waals surface area contributed by atoms with Crippen LogP contribution in [0.5, 0.6) is 23.0 Å². The van der Waals surface area contributed by atoms with Crippen LogP contribution in [0.25, 0.3) is 0 Å². The first-order valence-electron chi connectivity index (χ1n) is 10.8. The van der Waals surface area contributed by atoms with Gasteiger partial charge in [-0.1, -0.05) is 0 Å². The Labute approximate surface area is 203 Å². The van der Waals surface area contributed by atoms with Gasteiger partial charge >= 0.3 is 11.9 Å². The van der Waals surface area contributed by atoms with Crippen molar-refractivity contribution in [3.8, 4) is 23.0 Å². The molecular formula is C24H30O11. The largest absolute Gasteiger partial charge is 0.504 e. The summed E-state index contributed by atoms with van der Waals surface area (Å²) in [6, 6.07) is 8.38. The van der Waals surface area contributed by atoms with E-state index in [1.807, 2.05) is 0 Å². The maximum atomic E-state index is 12.0. The second kappa shape index (κ2) is 15.4. The zero-order chi connectivity index (χ0) is 25.5. The molecule has 35 heavy (non-hydrogen) atoms. The van der Waals surface area contributed by atoms with Crippen LogP contribution in [-0.4, -0.2) is 89.2 Å². The Kier molecular flexibility index (Phi) is 12.2. The quantitative estimate of drug-likeness (QED) is 0.262. The summed E-state index contributed by atoms with van der Waals surface area (Å²) in [6.07, 6.45) is 0. The minimum absolute atomic E-state index is 0.0618. The van der Waals surface area contributed by atoms with Crippen LogP contribution in [-0.2, 0) is 23.7 Å². The number of hydrogen-bond donors (Lipinski definition) is 2. The molecule has 0 aliphatic heterocycles. The normalized spacial score (nSPS) is 10.6. The Bertz CT molecular complexity index is 870. The van der Waals surface area contributed by atoms with Gasteiger partial charge in [-0.2, -0.15) is 0 Å². The number of methoxy groups -OCH3 is 2. The van der Waals surface area contributed by atoms with Gasteiger partial charge in [0, 0.05) is 0 Å². The van der Waals surface area contributed by atoms with Gasteiger partial charge in [0.2, 0.25) is 0 Å². The highest BCUT2D eigenvalue weighted by molar-refractivity contribution is 5.90. The number of esters is 2. The van der Waals surface area contributed by atoms with Gasteiger partial charge in [-0.15, -0.1) is 0 Å². The summed E-state index contributed by atoms with van der Waals surface area (Å²) in [7, 11) is 2.78. The highest BCUT2D eigenvalue weighted by atomic mass is 16.6. The molecule has 0 unspecified atom stereocenters. The van der Waals surface area contributed by atoms with Crippen LogP contribution in [0.4, 0.5) is 0 Å². The van der Waals surface area contributed by atoms with Crippen molar-refractivity contribution in [2.45, 2.75) is 0 Å². The lowest BCUT2D eigenvalue weighted by molar-refractivity contribution is -0.00675. The first kappa shape index (κ1) is 27.7. The molecule has 11 nitrogen and oxygen atoms in total. The lowest BCUT2D eigenvalue weighted by atomic mass is 10.2. The van der Waals surface area contributed by atoms with Crippen molar-refractivity contribution in [3.05, 3.63) is 47.5 Å². The molecule has 0 aliphatic carbocycles. The van der Waals surface area contributed by atoms with Crippen LogP contribution in [0, 0.1) is 0 Å². The predicted molar refractivity (Wildman–Crippen MR) is 122 cm³/mol. The van der Waals surface area contributed by atoms with Crippen LogP contribution in [0.3, 0.4) is 0 Å². The molecule has 0 amide bonds. The van der Waals surface area contributed by atoms with E-state index in [9.17, 15) is 19.8 Å². The molecule has 2 aromatic rings. The van der Waals surface area contributed by atoms with Gasteiger partial charge in [-0.3, -0.25) is 0 Å². The first-order chi connectivity index (χ1) is 17.0. The van der Waals surface area contributed by atoms with E-state index >= 15 is 0 Å². The number of phenolic OH excluding ortho intramolecular Hbond substituents is 2. The van der Waals surface area contributed by atoms with E-state index in [-0.39, 0.29) is 60.6 Å². The summed E-state index contributed by atoms with van der Waals surface area (Å²) in [5.41, 5.74) is 0.525. The number of hydrogen-bond acceptors (Lipinski definition) is 11. The molecule has 11 heteroatoms. The molecule has 0 radical (unpaired) electrons. The van der Waals surface area contributed by atoms with Gasteiger partial charge in [0.1, 0.15) is 13.2 Å². The third kappa shape index (κ3) is 9.69. The van der Waals surface area contributed by atoms with E-state index in [1.54, 1.807) is 0 Å². The summed E-state index contributed by atoms with van der Waals surface area (Å²) < 4.78 is 36.1. The SMILES string of the molecule is COc1cc(C(=O)OCCOCCOCCOCCOC(=O)c2ccc(O)c(OC)c2)ccc1O. The van der Waals surface area contributed by atoms with Crippen molar-refractivity contribution in [2.24, 2.45) is 0 Å². The molecule has 0 heterocycles. The molecule has 0 aromatic heterocycles. The summed E-state index contributed by atoms with van der Waals surface area (Å²) in [5.74, 6) is -0.843. The number of phenols is 2. The third-order valence-electron chi connectivity index (χ3n) is 4.50. The molecule has 0 saturated carbocycles. The molecule has 2 N–H and O–H groups in total. The van der Waals surface area contributed by atoms with Crippen LogP contribution in [0.2, 0.25) is 0 Å². The van der Waals surface area contributed by atoms with Gasteiger partial charge in [-0.05, 0) is 36.4 Å². The van der Waals surface area contributed by atoms with Crippen LogP contribution >= 0.6 is 0 Å². The molecule has 192 valence electrons. The Morgan fingerprint density at radius 3 is 1.29 bits per heavy atom. The van der Waals surface area contributed by atoms with Crippen LogP contribution in [0.15, 0.2) is 36.4 Å². The first-order valence-corrected chi connectivity index (χ1v) is 10.8. The Morgan fingerprint density at radius 1 is 0.600 bits per heavy atom. The van der Waals surface area contributed by atoms with E-state index in [4.69, 9.17) is 33.2 Å². The van der Waals surface area contributed by atoms with E-state index in [2.05, 4.69) is 0 Å². The van der Waals surface area contributed by atoms with E-state index < -0.39 is 11.9 Å². The van der Waals surface area contributed by atoms with Crippen molar-refractivity contribution >= 4 is 11.9 Å².